The van der Waals surface area contributed by atoms with Gasteiger partial charge in [0.15, 0.2) is 0 Å². The maximum absolute atomic E-state index is 14.1. The minimum atomic E-state index is -0.0789. The summed E-state index contributed by atoms with van der Waals surface area (Å²) in [7, 11) is 0. The zero-order chi connectivity index (χ0) is 15.4. The number of benzene rings is 1. The predicted molar refractivity (Wildman–Crippen MR) is 86.6 cm³/mol. The van der Waals surface area contributed by atoms with E-state index >= 15 is 0 Å². The summed E-state index contributed by atoms with van der Waals surface area (Å²) in [5.74, 6) is 0.756. The lowest BCUT2D eigenvalue weighted by Gasteiger charge is -2.27. The van der Waals surface area contributed by atoms with Crippen molar-refractivity contribution in [1.82, 2.24) is 10.2 Å². The molecule has 1 aliphatic rings. The van der Waals surface area contributed by atoms with Gasteiger partial charge in [-0.05, 0) is 44.2 Å². The van der Waals surface area contributed by atoms with Crippen LogP contribution in [0, 0.1) is 11.7 Å². The predicted octanol–water partition coefficient (Wildman–Crippen LogP) is 3.94. The zero-order valence-electron chi connectivity index (χ0n) is 13.8. The van der Waals surface area contributed by atoms with E-state index in [1.807, 2.05) is 12.1 Å². The van der Waals surface area contributed by atoms with Gasteiger partial charge in [0.25, 0.3) is 0 Å². The monoisotopic (exact) mass is 292 g/mol. The van der Waals surface area contributed by atoms with E-state index in [1.165, 1.54) is 12.8 Å². The molecule has 1 saturated carbocycles. The molecule has 1 aliphatic carbocycles. The van der Waals surface area contributed by atoms with Crippen molar-refractivity contribution in [2.45, 2.75) is 65.7 Å². The lowest BCUT2D eigenvalue weighted by molar-refractivity contribution is 0.201. The molecule has 1 fully saturated rings. The Morgan fingerprint density at radius 1 is 1.24 bits per heavy atom. The van der Waals surface area contributed by atoms with Crippen molar-refractivity contribution in [2.24, 2.45) is 5.92 Å². The van der Waals surface area contributed by atoms with Crippen molar-refractivity contribution < 1.29 is 4.39 Å². The molecule has 0 amide bonds. The van der Waals surface area contributed by atoms with Crippen molar-refractivity contribution in [2.75, 3.05) is 6.54 Å². The Morgan fingerprint density at radius 2 is 1.95 bits per heavy atom. The molecule has 1 N–H and O–H groups in total. The van der Waals surface area contributed by atoms with E-state index in [0.717, 1.165) is 36.7 Å². The molecule has 0 aromatic heterocycles. The molecule has 2 nitrogen and oxygen atoms in total. The van der Waals surface area contributed by atoms with E-state index in [1.54, 1.807) is 6.07 Å². The van der Waals surface area contributed by atoms with Gasteiger partial charge >= 0.3 is 0 Å². The highest BCUT2D eigenvalue weighted by molar-refractivity contribution is 5.25. The lowest BCUT2D eigenvalue weighted by Crippen LogP contribution is -2.32. The molecule has 0 aliphatic heterocycles. The van der Waals surface area contributed by atoms with Crippen molar-refractivity contribution >= 4 is 0 Å². The van der Waals surface area contributed by atoms with E-state index < -0.39 is 0 Å². The Balaban J connectivity index is 2.03. The molecule has 0 atom stereocenters. The number of nitrogens with zero attached hydrogens (tertiary/aromatic N) is 1. The van der Waals surface area contributed by atoms with Gasteiger partial charge in [-0.3, -0.25) is 4.90 Å². The van der Waals surface area contributed by atoms with Crippen LogP contribution in [-0.2, 0) is 13.1 Å². The summed E-state index contributed by atoms with van der Waals surface area (Å²) >= 11 is 0. The Labute approximate surface area is 128 Å². The van der Waals surface area contributed by atoms with Crippen LogP contribution in [0.1, 0.15) is 51.7 Å². The fourth-order valence-corrected chi connectivity index (χ4v) is 2.49. The molecule has 2 rings (SSSR count). The third-order valence-electron chi connectivity index (χ3n) is 4.12. The molecule has 1 aromatic carbocycles. The van der Waals surface area contributed by atoms with Crippen molar-refractivity contribution in [3.8, 4) is 0 Å². The second-order valence-electron chi connectivity index (χ2n) is 6.93. The third kappa shape index (κ3) is 5.40. The van der Waals surface area contributed by atoms with Gasteiger partial charge in [-0.2, -0.15) is 0 Å². The van der Waals surface area contributed by atoms with Crippen LogP contribution < -0.4 is 5.32 Å². The second kappa shape index (κ2) is 7.37. The fourth-order valence-electron chi connectivity index (χ4n) is 2.49. The van der Waals surface area contributed by atoms with Crippen LogP contribution in [0.5, 0.6) is 0 Å². The smallest absolute Gasteiger partial charge is 0.127 e. The third-order valence-corrected chi connectivity index (χ3v) is 4.12. The Morgan fingerprint density at radius 3 is 2.52 bits per heavy atom. The van der Waals surface area contributed by atoms with Gasteiger partial charge in [-0.1, -0.05) is 26.0 Å². The van der Waals surface area contributed by atoms with E-state index in [9.17, 15) is 4.39 Å². The van der Waals surface area contributed by atoms with Gasteiger partial charge in [0, 0.05) is 37.3 Å². The summed E-state index contributed by atoms with van der Waals surface area (Å²) < 4.78 is 14.1. The van der Waals surface area contributed by atoms with Crippen LogP contribution >= 0.6 is 0 Å². The summed E-state index contributed by atoms with van der Waals surface area (Å²) in [4.78, 5) is 2.40. The first-order valence-corrected chi connectivity index (χ1v) is 8.20. The van der Waals surface area contributed by atoms with Gasteiger partial charge < -0.3 is 5.32 Å². The first kappa shape index (κ1) is 16.4. The SMILES string of the molecule is CC(C)NCc1ccc(F)c(CN(CC2CC2)C(C)C)c1. The molecule has 0 spiro atoms. The van der Waals surface area contributed by atoms with Crippen molar-refractivity contribution in [3.63, 3.8) is 0 Å². The summed E-state index contributed by atoms with van der Waals surface area (Å²) in [6.07, 6.45) is 2.67. The maximum atomic E-state index is 14.1. The number of nitrogens with one attached hydrogen (secondary N) is 1. The molecule has 0 radical (unpaired) electrons. The molecule has 0 heterocycles. The zero-order valence-corrected chi connectivity index (χ0v) is 13.8. The minimum absolute atomic E-state index is 0.0789. The quantitative estimate of drug-likeness (QED) is 0.780. The van der Waals surface area contributed by atoms with Gasteiger partial charge in [0.2, 0.25) is 0 Å². The van der Waals surface area contributed by atoms with Gasteiger partial charge in [0.1, 0.15) is 5.82 Å². The molecular weight excluding hydrogens is 263 g/mol. The van der Waals surface area contributed by atoms with E-state index in [-0.39, 0.29) is 5.82 Å². The van der Waals surface area contributed by atoms with Crippen molar-refractivity contribution in [1.29, 1.82) is 0 Å². The van der Waals surface area contributed by atoms with Gasteiger partial charge in [-0.25, -0.2) is 4.39 Å². The van der Waals surface area contributed by atoms with E-state index in [0.29, 0.717) is 12.1 Å². The van der Waals surface area contributed by atoms with Crippen LogP contribution in [0.3, 0.4) is 0 Å². The highest BCUT2D eigenvalue weighted by Crippen LogP contribution is 2.31. The first-order valence-electron chi connectivity index (χ1n) is 8.20. The average molecular weight is 292 g/mol. The molecule has 1 aromatic rings. The van der Waals surface area contributed by atoms with Crippen LogP contribution in [0.2, 0.25) is 0 Å². The van der Waals surface area contributed by atoms with Crippen LogP contribution in [0.4, 0.5) is 4.39 Å². The average Bonchev–Trinajstić information content (AvgIpc) is 3.22. The largest absolute Gasteiger partial charge is 0.310 e. The fraction of sp³-hybridized carbons (Fsp3) is 0.667. The standard InChI is InChI=1S/C18H29FN2/c1-13(2)20-10-16-7-8-18(19)17(9-16)12-21(14(3)4)11-15-5-6-15/h7-9,13-15,20H,5-6,10-12H2,1-4H3. The lowest BCUT2D eigenvalue weighted by atomic mass is 10.1. The molecule has 0 saturated heterocycles. The Hall–Kier alpha value is -0.930. The summed E-state index contributed by atoms with van der Waals surface area (Å²) in [5.41, 5.74) is 1.99. The van der Waals surface area contributed by atoms with E-state index in [4.69, 9.17) is 0 Å². The van der Waals surface area contributed by atoms with Gasteiger partial charge in [-0.15, -0.1) is 0 Å². The van der Waals surface area contributed by atoms with E-state index in [2.05, 4.69) is 37.9 Å². The molecule has 118 valence electrons. The second-order valence-corrected chi connectivity index (χ2v) is 6.93. The first-order chi connectivity index (χ1) is 9.95. The Kier molecular flexibility index (Phi) is 5.77. The van der Waals surface area contributed by atoms with Gasteiger partial charge in [0.05, 0.1) is 0 Å². The highest BCUT2D eigenvalue weighted by atomic mass is 19.1. The Bertz CT molecular complexity index is 453. The van der Waals surface area contributed by atoms with Crippen LogP contribution in [0.25, 0.3) is 0 Å². The number of rotatable bonds is 8. The normalized spacial score (nSPS) is 15.4. The van der Waals surface area contributed by atoms with Crippen molar-refractivity contribution in [3.05, 3.63) is 35.1 Å². The topological polar surface area (TPSA) is 15.3 Å². The molecular formula is C18H29FN2. The van der Waals surface area contributed by atoms with Crippen LogP contribution in [-0.4, -0.2) is 23.5 Å². The molecule has 21 heavy (non-hydrogen) atoms. The number of halogens is 1. The van der Waals surface area contributed by atoms with Crippen LogP contribution in [0.15, 0.2) is 18.2 Å². The molecule has 0 bridgehead atoms. The molecule has 0 unspecified atom stereocenters. The summed E-state index contributed by atoms with van der Waals surface area (Å²) in [6, 6.07) is 6.42. The summed E-state index contributed by atoms with van der Waals surface area (Å²) in [6.45, 7) is 11.3. The molecule has 3 heteroatoms. The summed E-state index contributed by atoms with van der Waals surface area (Å²) in [5, 5.41) is 3.39. The number of hydrogen-bond acceptors (Lipinski definition) is 2. The number of hydrogen-bond donors (Lipinski definition) is 1. The highest BCUT2D eigenvalue weighted by Gasteiger charge is 2.25. The minimum Gasteiger partial charge on any atom is -0.310 e. The maximum Gasteiger partial charge on any atom is 0.127 e.